The number of carbonyl (C=O) groups excluding carboxylic acids is 8. The summed E-state index contributed by atoms with van der Waals surface area (Å²) in [6, 6.07) is 43.5. The molecule has 4 spiro atoms. The van der Waals surface area contributed by atoms with Gasteiger partial charge >= 0.3 is 0 Å². The molecule has 36 nitrogen and oxygen atoms in total. The second kappa shape index (κ2) is 49.2. The molecular weight excluding hydrogens is 1830 g/mol. The molecule has 8 aromatic heterocycles. The molecule has 8 aliphatic heterocycles. The molecule has 0 radical (unpaired) electrons. The summed E-state index contributed by atoms with van der Waals surface area (Å²) < 4.78 is 51.2. The lowest BCUT2D eigenvalue weighted by Crippen LogP contribution is -2.45. The maximum atomic E-state index is 12.7. The van der Waals surface area contributed by atoms with Crippen LogP contribution in [0.3, 0.4) is 0 Å². The van der Waals surface area contributed by atoms with Gasteiger partial charge in [-0.3, -0.25) is 38.4 Å². The maximum absolute atomic E-state index is 12.7. The third kappa shape index (κ3) is 28.8. The highest BCUT2D eigenvalue weighted by Gasteiger charge is 2.49. The van der Waals surface area contributed by atoms with E-state index in [0.29, 0.717) is 162 Å². The standard InChI is InChI=1S/C26H29N5O3.2C25H27N5O4.C24H25N5O5.4C2H6/c1-18(11-19(2)30-10-9-26(15-30)16-33-17-26)27-23-14-31-24(28-23)7-8-25(29-31)34-22-6-4-5-21(13-22)12-20(3)32;1-17(29-9-8-25(14-29)15-33-16-25)10-23(32)27-21-13-30-22(26-21)6-7-24(28-30)34-20-5-3-4-19(12-20)11-18(2)31;1-17(10-24(32)29-9-8-25(14-29)15-33-16-25)26-21-13-30-22(27-21)6-7-23(28-30)34-20-5-3-4-19(12-20)11-18(2)31;1-16(30)9-17-3-2-4-18(10-17)34-22-6-5-20-25-19(12-29(20)27-22)26-21(31)11-23(32)28-8-7-24(13-28)14-33-15-24;4*1-2/h4-8,13-14,27H,1-2,9-12,15-17H2,3H3;3-7,12-13H,1,8-11,14-16H2,2H3,(H,27,32);3-7,12-13,26H,1,8-11,14-16H2,2H3;2-6,10,12H,7-9,11,13-15H2,1H3,(H,26,31);4*1-2H3. The van der Waals surface area contributed by atoms with E-state index in [2.05, 4.69) is 97.7 Å². The van der Waals surface area contributed by atoms with E-state index >= 15 is 0 Å². The molecule has 760 valence electrons. The van der Waals surface area contributed by atoms with Gasteiger partial charge in [0.05, 0.1) is 90.5 Å². The van der Waals surface area contributed by atoms with Gasteiger partial charge in [-0.1, -0.05) is 130 Å². The van der Waals surface area contributed by atoms with E-state index in [-0.39, 0.29) is 76.4 Å². The van der Waals surface area contributed by atoms with Crippen molar-refractivity contribution in [2.24, 2.45) is 21.7 Å². The number of likely N-dealkylation sites (tertiary alicyclic amines) is 4. The normalized spacial score (nSPS) is 15.7. The van der Waals surface area contributed by atoms with Gasteiger partial charge in [-0.2, -0.15) is 0 Å². The van der Waals surface area contributed by atoms with Gasteiger partial charge in [0.15, 0.2) is 45.9 Å². The Morgan fingerprint density at radius 3 is 0.840 bits per heavy atom. The van der Waals surface area contributed by atoms with Crippen LogP contribution < -0.4 is 40.2 Å². The average molecular weight is 1970 g/mol. The van der Waals surface area contributed by atoms with E-state index < -0.39 is 5.91 Å². The van der Waals surface area contributed by atoms with Crippen molar-refractivity contribution in [2.75, 3.05) is 126 Å². The first kappa shape index (κ1) is 106. The summed E-state index contributed by atoms with van der Waals surface area (Å²) in [6.45, 7) is 51.7. The highest BCUT2D eigenvalue weighted by molar-refractivity contribution is 6.03. The Morgan fingerprint density at radius 2 is 0.569 bits per heavy atom. The first-order chi connectivity index (χ1) is 69.5. The molecule has 20 rings (SSSR count). The summed E-state index contributed by atoms with van der Waals surface area (Å²) in [6.07, 6.45) is 13.2. The molecule has 8 fully saturated rings. The Kier molecular flexibility index (Phi) is 36.4. The third-order valence-corrected chi connectivity index (χ3v) is 24.7. The summed E-state index contributed by atoms with van der Waals surface area (Å²) in [4.78, 5) is 122. The van der Waals surface area contributed by atoms with Crippen molar-refractivity contribution in [3.05, 3.63) is 242 Å². The Labute approximate surface area is 839 Å². The van der Waals surface area contributed by atoms with Crippen molar-refractivity contribution in [3.63, 3.8) is 0 Å². The number of nitrogens with one attached hydrogen (secondary N) is 4. The van der Waals surface area contributed by atoms with Gasteiger partial charge in [-0.25, -0.2) is 38.0 Å². The number of hydrogen-bond donors (Lipinski definition) is 4. The molecule has 0 atom stereocenters. The topological polar surface area (TPSA) is 392 Å². The molecule has 8 aliphatic rings. The smallest absolute Gasteiger partial charge is 0.237 e. The lowest BCUT2D eigenvalue weighted by atomic mass is 9.85. The third-order valence-electron chi connectivity index (χ3n) is 24.7. The Hall–Kier alpha value is -14.9. The molecule has 0 aliphatic carbocycles. The van der Waals surface area contributed by atoms with E-state index in [1.54, 1.807) is 126 Å². The summed E-state index contributed by atoms with van der Waals surface area (Å²) in [5, 5.41) is 29.7. The number of aromatic nitrogens is 12. The van der Waals surface area contributed by atoms with Crippen molar-refractivity contribution in [1.82, 2.24) is 78.0 Å². The van der Waals surface area contributed by atoms with Crippen molar-refractivity contribution in [3.8, 4) is 46.5 Å². The fourth-order valence-electron chi connectivity index (χ4n) is 17.7. The van der Waals surface area contributed by atoms with Gasteiger partial charge in [0, 0.05) is 153 Å². The number of fused-ring (bicyclic) bond motifs is 4. The van der Waals surface area contributed by atoms with Gasteiger partial charge in [-0.15, -0.1) is 20.4 Å². The van der Waals surface area contributed by atoms with Crippen molar-refractivity contribution in [2.45, 2.75) is 160 Å². The van der Waals surface area contributed by atoms with Gasteiger partial charge in [0.2, 0.25) is 47.1 Å². The molecule has 36 heteroatoms. The minimum atomic E-state index is -0.419. The second-order valence-corrected chi connectivity index (χ2v) is 36.8. The van der Waals surface area contributed by atoms with Gasteiger partial charge in [0.25, 0.3) is 0 Å². The summed E-state index contributed by atoms with van der Waals surface area (Å²) in [5.41, 5.74) is 10.1. The second-order valence-electron chi connectivity index (χ2n) is 36.8. The lowest BCUT2D eigenvalue weighted by molar-refractivity contribution is -0.137. The van der Waals surface area contributed by atoms with Crippen LogP contribution in [-0.4, -0.2) is 230 Å². The molecule has 144 heavy (non-hydrogen) atoms. The quantitative estimate of drug-likeness (QED) is 0.0284. The maximum Gasteiger partial charge on any atom is 0.237 e. The number of amides is 4. The number of rotatable bonds is 32. The summed E-state index contributed by atoms with van der Waals surface area (Å²) >= 11 is 0. The fraction of sp³-hybridized carbons (Fsp3) is 0.407. The zero-order valence-corrected chi connectivity index (χ0v) is 84.5. The highest BCUT2D eigenvalue weighted by atomic mass is 16.5. The first-order valence-electron chi connectivity index (χ1n) is 49.2. The lowest BCUT2D eigenvalue weighted by Gasteiger charge is -2.38. The highest BCUT2D eigenvalue weighted by Crippen LogP contribution is 2.43. The molecule has 0 saturated carbocycles. The van der Waals surface area contributed by atoms with Gasteiger partial charge < -0.3 is 78.8 Å². The number of hydrogen-bond acceptors (Lipinski definition) is 28. The van der Waals surface area contributed by atoms with Crippen LogP contribution in [0.2, 0.25) is 0 Å². The number of Topliss-reactive ketones (excluding diaryl/α,β-unsaturated/α-hetero) is 4. The molecule has 16 heterocycles. The minimum Gasteiger partial charge on any atom is -0.438 e. The fourth-order valence-corrected chi connectivity index (χ4v) is 17.7. The van der Waals surface area contributed by atoms with Crippen LogP contribution in [0.4, 0.5) is 23.3 Å². The number of carbonyl (C=O) groups is 8. The molecule has 8 saturated heterocycles. The monoisotopic (exact) mass is 1970 g/mol. The molecule has 12 aromatic rings. The number of benzene rings is 4. The van der Waals surface area contributed by atoms with Crippen LogP contribution in [0.5, 0.6) is 46.5 Å². The van der Waals surface area contributed by atoms with Crippen molar-refractivity contribution in [1.29, 1.82) is 0 Å². The molecule has 0 unspecified atom stereocenters. The summed E-state index contributed by atoms with van der Waals surface area (Å²) in [7, 11) is 0. The van der Waals surface area contributed by atoms with E-state index in [1.807, 2.05) is 151 Å². The van der Waals surface area contributed by atoms with Crippen LogP contribution in [-0.2, 0) is 83.0 Å². The SMILES string of the molecule is C=C(CC(=C)N1CCC2(COC2)C1)Nc1cn2nc(Oc3cccc(CC(C)=O)c3)ccc2n1.C=C(CC(=O)N1CCC2(COC2)C1)Nc1cn2nc(Oc3cccc(CC(C)=O)c3)ccc2n1.C=C(CC(=O)Nc1cn2nc(Oc3cccc(CC(C)=O)c3)ccc2n1)N1CCC2(COC2)C1.CC.CC.CC.CC.CC(=O)Cc1cccc(Oc2ccc3nc(NC(=O)CC(=O)N4CCC5(COC5)C4)cn3n2)c1. The predicted molar refractivity (Wildman–Crippen MR) is 548 cm³/mol. The Balaban J connectivity index is 0.000000157. The average Bonchev–Trinajstić information content (AvgIpc) is 1.64. The van der Waals surface area contributed by atoms with Crippen LogP contribution in [0, 0.1) is 21.7 Å². The summed E-state index contributed by atoms with van der Waals surface area (Å²) in [5.74, 6) is 5.51. The number of ketones is 4. The zero-order valence-electron chi connectivity index (χ0n) is 84.5. The van der Waals surface area contributed by atoms with Crippen molar-refractivity contribution >= 4 is 92.6 Å². The van der Waals surface area contributed by atoms with E-state index in [0.717, 1.165) is 144 Å². The van der Waals surface area contributed by atoms with Gasteiger partial charge in [-0.05, 0) is 148 Å². The van der Waals surface area contributed by atoms with Gasteiger partial charge in [0.1, 0.15) is 52.6 Å². The van der Waals surface area contributed by atoms with E-state index in [4.69, 9.17) is 37.9 Å². The molecule has 0 bridgehead atoms. The van der Waals surface area contributed by atoms with Crippen molar-refractivity contribution < 1.29 is 76.3 Å². The van der Waals surface area contributed by atoms with Crippen LogP contribution in [0.1, 0.15) is 157 Å². The van der Waals surface area contributed by atoms with Crippen LogP contribution >= 0.6 is 0 Å². The Bertz CT molecular complexity index is 5840. The number of nitrogens with zero attached hydrogens (tertiary/aromatic N) is 16. The Morgan fingerprint density at radius 1 is 0.319 bits per heavy atom. The molecule has 4 amide bonds. The van der Waals surface area contributed by atoms with Crippen LogP contribution in [0.25, 0.3) is 22.6 Å². The minimum absolute atomic E-state index is 0.0610. The number of imidazole rings is 4. The number of ether oxygens (including phenoxy) is 8. The van der Waals surface area contributed by atoms with E-state index in [9.17, 15) is 38.4 Å². The zero-order chi connectivity index (χ0) is 103. The largest absolute Gasteiger partial charge is 0.438 e. The number of anilines is 4. The van der Waals surface area contributed by atoms with Crippen LogP contribution in [0.15, 0.2) is 219 Å². The van der Waals surface area contributed by atoms with E-state index in [1.165, 1.54) is 4.52 Å². The molecule has 4 N–H and O–H groups in total. The first-order valence-corrected chi connectivity index (χ1v) is 49.2. The molecular formula is C108H132N20O16. The predicted octanol–water partition coefficient (Wildman–Crippen LogP) is 17.0. The molecule has 4 aromatic carbocycles.